The Morgan fingerprint density at radius 2 is 2.15 bits per heavy atom. The maximum Gasteiger partial charge on any atom is 0.147 e. The second-order valence-electron chi connectivity index (χ2n) is 3.79. The molecule has 13 heavy (non-hydrogen) atoms. The molecule has 0 amide bonds. The van der Waals surface area contributed by atoms with Gasteiger partial charge in [0.15, 0.2) is 0 Å². The molecular weight excluding hydrogens is 162 g/mol. The van der Waals surface area contributed by atoms with E-state index in [-0.39, 0.29) is 0 Å². The van der Waals surface area contributed by atoms with E-state index in [1.807, 2.05) is 7.05 Å². The third-order valence-corrected chi connectivity index (χ3v) is 2.90. The number of rotatable bonds is 2. The van der Waals surface area contributed by atoms with Crippen LogP contribution < -0.4 is 5.32 Å². The minimum atomic E-state index is 0.725. The fourth-order valence-electron chi connectivity index (χ4n) is 2.09. The number of nitrogens with one attached hydrogen (secondary N) is 2. The predicted octanol–water partition coefficient (Wildman–Crippen LogP) is 2.50. The molecule has 1 heterocycles. The van der Waals surface area contributed by atoms with Gasteiger partial charge >= 0.3 is 0 Å². The highest BCUT2D eigenvalue weighted by Gasteiger charge is 2.17. The second-order valence-corrected chi connectivity index (χ2v) is 3.79. The molecular formula is C10H17N3. The topological polar surface area (TPSA) is 40.7 Å². The molecule has 1 saturated carbocycles. The van der Waals surface area contributed by atoms with Crippen LogP contribution in [0.5, 0.6) is 0 Å². The Kier molecular flexibility index (Phi) is 2.52. The number of anilines is 1. The molecule has 1 fully saturated rings. The van der Waals surface area contributed by atoms with Crippen molar-refractivity contribution in [3.8, 4) is 0 Å². The molecule has 1 aliphatic rings. The molecule has 0 atom stereocenters. The molecule has 1 aromatic heterocycles. The lowest BCUT2D eigenvalue weighted by molar-refractivity contribution is 0.436. The van der Waals surface area contributed by atoms with Crippen LogP contribution in [-0.4, -0.2) is 17.2 Å². The molecule has 2 N–H and O–H groups in total. The van der Waals surface area contributed by atoms with E-state index in [1.54, 1.807) is 0 Å². The minimum Gasteiger partial charge on any atom is -0.372 e. The van der Waals surface area contributed by atoms with E-state index in [2.05, 4.69) is 21.6 Å². The first kappa shape index (κ1) is 8.60. The van der Waals surface area contributed by atoms with Gasteiger partial charge in [-0.25, -0.2) is 0 Å². The fraction of sp³-hybridized carbons (Fsp3) is 0.700. The van der Waals surface area contributed by atoms with Gasteiger partial charge in [-0.3, -0.25) is 5.10 Å². The van der Waals surface area contributed by atoms with Crippen molar-refractivity contribution in [3.63, 3.8) is 0 Å². The van der Waals surface area contributed by atoms with Crippen LogP contribution in [0.2, 0.25) is 0 Å². The molecule has 3 heteroatoms. The van der Waals surface area contributed by atoms with E-state index in [0.717, 1.165) is 11.7 Å². The van der Waals surface area contributed by atoms with Gasteiger partial charge in [0.05, 0.1) is 0 Å². The van der Waals surface area contributed by atoms with Gasteiger partial charge in [0.1, 0.15) is 5.82 Å². The Bertz CT molecular complexity index is 261. The highest BCUT2D eigenvalue weighted by Crippen LogP contribution is 2.32. The highest BCUT2D eigenvalue weighted by molar-refractivity contribution is 5.35. The number of nitrogens with zero attached hydrogens (tertiary/aromatic N) is 1. The molecule has 3 nitrogen and oxygen atoms in total. The summed E-state index contributed by atoms with van der Waals surface area (Å²) in [7, 11) is 1.90. The molecule has 1 aliphatic carbocycles. The van der Waals surface area contributed by atoms with Crippen molar-refractivity contribution in [2.75, 3.05) is 12.4 Å². The normalized spacial score (nSPS) is 18.8. The van der Waals surface area contributed by atoms with E-state index in [0.29, 0.717) is 0 Å². The monoisotopic (exact) mass is 179 g/mol. The van der Waals surface area contributed by atoms with Crippen LogP contribution in [0.15, 0.2) is 6.07 Å². The zero-order valence-electron chi connectivity index (χ0n) is 8.14. The summed E-state index contributed by atoms with van der Waals surface area (Å²) in [6, 6.07) is 2.13. The average molecular weight is 179 g/mol. The molecule has 2 rings (SSSR count). The SMILES string of the molecule is CNc1cc(C2CCCCC2)[nH]n1. The number of hydrogen-bond acceptors (Lipinski definition) is 2. The Labute approximate surface area is 78.9 Å². The Morgan fingerprint density at radius 3 is 2.77 bits per heavy atom. The summed E-state index contributed by atoms with van der Waals surface area (Å²) >= 11 is 0. The smallest absolute Gasteiger partial charge is 0.147 e. The molecule has 1 aromatic rings. The van der Waals surface area contributed by atoms with Crippen molar-refractivity contribution in [1.82, 2.24) is 10.2 Å². The first-order chi connectivity index (χ1) is 6.40. The molecule has 0 aromatic carbocycles. The molecule has 0 aliphatic heterocycles. The lowest BCUT2D eigenvalue weighted by atomic mass is 9.87. The maximum atomic E-state index is 4.17. The maximum absolute atomic E-state index is 4.17. The molecule has 0 bridgehead atoms. The van der Waals surface area contributed by atoms with Gasteiger partial charge in [-0.05, 0) is 12.8 Å². The van der Waals surface area contributed by atoms with Crippen molar-refractivity contribution >= 4 is 5.82 Å². The summed E-state index contributed by atoms with van der Waals surface area (Å²) in [5.74, 6) is 1.68. The summed E-state index contributed by atoms with van der Waals surface area (Å²) in [5, 5.41) is 10.3. The summed E-state index contributed by atoms with van der Waals surface area (Å²) in [6.45, 7) is 0. The number of aromatic amines is 1. The molecule has 0 spiro atoms. The first-order valence-corrected chi connectivity index (χ1v) is 5.13. The van der Waals surface area contributed by atoms with Crippen LogP contribution >= 0.6 is 0 Å². The van der Waals surface area contributed by atoms with Crippen LogP contribution in [0, 0.1) is 0 Å². The van der Waals surface area contributed by atoms with Gasteiger partial charge in [-0.2, -0.15) is 5.10 Å². The van der Waals surface area contributed by atoms with Crippen LogP contribution in [0.4, 0.5) is 5.82 Å². The van der Waals surface area contributed by atoms with Gasteiger partial charge in [0.25, 0.3) is 0 Å². The Hall–Kier alpha value is -0.990. The lowest BCUT2D eigenvalue weighted by Gasteiger charge is -2.19. The first-order valence-electron chi connectivity index (χ1n) is 5.13. The van der Waals surface area contributed by atoms with E-state index in [1.165, 1.54) is 37.8 Å². The van der Waals surface area contributed by atoms with Crippen molar-refractivity contribution in [2.45, 2.75) is 38.0 Å². The number of hydrogen-bond donors (Lipinski definition) is 2. The average Bonchev–Trinajstić information content (AvgIpc) is 2.67. The van der Waals surface area contributed by atoms with Gasteiger partial charge in [-0.1, -0.05) is 19.3 Å². The van der Waals surface area contributed by atoms with E-state index >= 15 is 0 Å². The Morgan fingerprint density at radius 1 is 1.38 bits per heavy atom. The minimum absolute atomic E-state index is 0.725. The fourth-order valence-corrected chi connectivity index (χ4v) is 2.09. The van der Waals surface area contributed by atoms with Gasteiger partial charge in [-0.15, -0.1) is 0 Å². The summed E-state index contributed by atoms with van der Waals surface area (Å²) in [4.78, 5) is 0. The summed E-state index contributed by atoms with van der Waals surface area (Å²) < 4.78 is 0. The van der Waals surface area contributed by atoms with E-state index in [4.69, 9.17) is 0 Å². The van der Waals surface area contributed by atoms with Crippen molar-refractivity contribution < 1.29 is 0 Å². The molecule has 0 saturated heterocycles. The molecule has 0 unspecified atom stereocenters. The van der Waals surface area contributed by atoms with E-state index < -0.39 is 0 Å². The van der Waals surface area contributed by atoms with Crippen molar-refractivity contribution in [2.24, 2.45) is 0 Å². The molecule has 72 valence electrons. The zero-order chi connectivity index (χ0) is 9.10. The van der Waals surface area contributed by atoms with Crippen LogP contribution in [0.3, 0.4) is 0 Å². The highest BCUT2D eigenvalue weighted by atomic mass is 15.2. The van der Waals surface area contributed by atoms with E-state index in [9.17, 15) is 0 Å². The largest absolute Gasteiger partial charge is 0.372 e. The van der Waals surface area contributed by atoms with Crippen LogP contribution in [-0.2, 0) is 0 Å². The Balaban J connectivity index is 2.05. The van der Waals surface area contributed by atoms with Gasteiger partial charge < -0.3 is 5.32 Å². The van der Waals surface area contributed by atoms with Gasteiger partial charge in [0.2, 0.25) is 0 Å². The third-order valence-electron chi connectivity index (χ3n) is 2.90. The standard InChI is InChI=1S/C10H17N3/c1-11-10-7-9(12-13-10)8-5-3-2-4-6-8/h7-8H,2-6H2,1H3,(H2,11,12,13). The lowest BCUT2D eigenvalue weighted by Crippen LogP contribution is -2.04. The van der Waals surface area contributed by atoms with Crippen LogP contribution in [0.1, 0.15) is 43.7 Å². The van der Waals surface area contributed by atoms with Crippen molar-refractivity contribution in [3.05, 3.63) is 11.8 Å². The third kappa shape index (κ3) is 1.85. The summed E-state index contributed by atoms with van der Waals surface area (Å²) in [5.41, 5.74) is 1.31. The number of aromatic nitrogens is 2. The quantitative estimate of drug-likeness (QED) is 0.732. The van der Waals surface area contributed by atoms with Crippen molar-refractivity contribution in [1.29, 1.82) is 0 Å². The number of H-pyrrole nitrogens is 1. The predicted molar refractivity (Wildman–Crippen MR) is 54.0 cm³/mol. The molecule has 0 radical (unpaired) electrons. The zero-order valence-corrected chi connectivity index (χ0v) is 8.14. The van der Waals surface area contributed by atoms with Crippen LogP contribution in [0.25, 0.3) is 0 Å². The second kappa shape index (κ2) is 3.81. The van der Waals surface area contributed by atoms with Gasteiger partial charge in [0, 0.05) is 24.7 Å². The summed E-state index contributed by atoms with van der Waals surface area (Å²) in [6.07, 6.45) is 6.80.